The molecule has 3 rings (SSSR count). The van der Waals surface area contributed by atoms with Gasteiger partial charge in [0.25, 0.3) is 0 Å². The Hall–Kier alpha value is -2.92. The van der Waals surface area contributed by atoms with Gasteiger partial charge < -0.3 is 15.1 Å². The van der Waals surface area contributed by atoms with Gasteiger partial charge in [0.15, 0.2) is 0 Å². The number of fused-ring (bicyclic) bond motifs is 1. The van der Waals surface area contributed by atoms with Crippen LogP contribution in [0.1, 0.15) is 11.1 Å². The predicted molar refractivity (Wildman–Crippen MR) is 96.3 cm³/mol. The highest BCUT2D eigenvalue weighted by Crippen LogP contribution is 2.29. The second-order valence-corrected chi connectivity index (χ2v) is 5.81. The van der Waals surface area contributed by atoms with E-state index in [0.717, 1.165) is 6.54 Å². The maximum absolute atomic E-state index is 9.55. The second kappa shape index (κ2) is 8.80. The van der Waals surface area contributed by atoms with E-state index in [2.05, 4.69) is 60.5 Å². The van der Waals surface area contributed by atoms with Gasteiger partial charge in [-0.15, -0.1) is 0 Å². The highest BCUT2D eigenvalue weighted by Gasteiger charge is 2.16. The molecule has 0 aliphatic carbocycles. The summed E-state index contributed by atoms with van der Waals surface area (Å²) in [5.74, 6) is -2.51. The zero-order chi connectivity index (χ0) is 18.2. The van der Waals surface area contributed by atoms with E-state index in [1.165, 1.54) is 35.2 Å². The van der Waals surface area contributed by atoms with Gasteiger partial charge >= 0.3 is 11.9 Å². The van der Waals surface area contributed by atoms with Crippen LogP contribution in [0.5, 0.6) is 0 Å². The molecule has 1 aliphatic rings. The van der Waals surface area contributed by atoms with Crippen LogP contribution in [0.25, 0.3) is 11.1 Å². The van der Waals surface area contributed by atoms with Gasteiger partial charge in [-0.25, -0.2) is 9.59 Å². The Bertz CT molecular complexity index is 753. The number of aliphatic carboxylic acids is 2. The molecule has 0 bridgehead atoms. The van der Waals surface area contributed by atoms with Crippen LogP contribution < -0.4 is 0 Å². The number of hydrogen-bond donors (Lipinski definition) is 2. The van der Waals surface area contributed by atoms with Crippen molar-refractivity contribution < 1.29 is 19.8 Å². The summed E-state index contributed by atoms with van der Waals surface area (Å²) in [5.41, 5.74) is 5.76. The lowest BCUT2D eigenvalue weighted by Gasteiger charge is -2.27. The maximum atomic E-state index is 9.55. The van der Waals surface area contributed by atoms with Gasteiger partial charge in [-0.2, -0.15) is 0 Å². The second-order valence-electron chi connectivity index (χ2n) is 5.81. The smallest absolute Gasteiger partial charge is 0.328 e. The summed E-state index contributed by atoms with van der Waals surface area (Å²) in [7, 11) is 2.20. The molecule has 1 heterocycles. The molecule has 5 nitrogen and oxygen atoms in total. The van der Waals surface area contributed by atoms with Gasteiger partial charge in [0, 0.05) is 25.2 Å². The van der Waals surface area contributed by atoms with Crippen LogP contribution >= 0.6 is 0 Å². The van der Waals surface area contributed by atoms with Gasteiger partial charge in [-0.3, -0.25) is 0 Å². The number of carbonyl (C=O) groups is 2. The van der Waals surface area contributed by atoms with Crippen molar-refractivity contribution in [1.82, 2.24) is 4.90 Å². The average molecular weight is 339 g/mol. The fraction of sp³-hybridized carbons (Fsp3) is 0.200. The summed E-state index contributed by atoms with van der Waals surface area (Å²) >= 11 is 0. The van der Waals surface area contributed by atoms with Crippen molar-refractivity contribution >= 4 is 11.9 Å². The number of likely N-dealkylation sites (N-methyl/N-ethyl adjacent to an activating group) is 1. The molecular formula is C20H21NO4. The lowest BCUT2D eigenvalue weighted by molar-refractivity contribution is -0.134. The zero-order valence-corrected chi connectivity index (χ0v) is 14.1. The Labute approximate surface area is 146 Å². The molecule has 130 valence electrons. The molecule has 0 saturated heterocycles. The predicted octanol–water partition coefficient (Wildman–Crippen LogP) is 3.05. The number of nitrogens with zero attached hydrogens (tertiary/aromatic N) is 1. The molecule has 0 aromatic heterocycles. The molecule has 0 unspecified atom stereocenters. The maximum Gasteiger partial charge on any atom is 0.328 e. The normalized spacial score (nSPS) is 13.6. The Kier molecular flexibility index (Phi) is 6.48. The third-order valence-corrected chi connectivity index (χ3v) is 3.92. The molecule has 25 heavy (non-hydrogen) atoms. The van der Waals surface area contributed by atoms with Crippen molar-refractivity contribution in [2.45, 2.75) is 13.0 Å². The molecule has 0 radical (unpaired) electrons. The summed E-state index contributed by atoms with van der Waals surface area (Å²) in [6, 6.07) is 17.4. The summed E-state index contributed by atoms with van der Waals surface area (Å²) in [6.45, 7) is 2.24. The van der Waals surface area contributed by atoms with E-state index in [1.54, 1.807) is 0 Å². The molecule has 5 heteroatoms. The average Bonchev–Trinajstić information content (AvgIpc) is 2.61. The first-order chi connectivity index (χ1) is 12.0. The van der Waals surface area contributed by atoms with Gasteiger partial charge in [-0.1, -0.05) is 48.5 Å². The van der Waals surface area contributed by atoms with Crippen molar-refractivity contribution in [1.29, 1.82) is 0 Å². The Morgan fingerprint density at radius 3 is 2.20 bits per heavy atom. The minimum absolute atomic E-state index is 0.558. The largest absolute Gasteiger partial charge is 0.478 e. The highest BCUT2D eigenvalue weighted by molar-refractivity contribution is 5.89. The van der Waals surface area contributed by atoms with E-state index < -0.39 is 11.9 Å². The number of carboxylic acids is 2. The third-order valence-electron chi connectivity index (χ3n) is 3.92. The molecule has 0 atom stereocenters. The molecule has 0 saturated carbocycles. The number of hydrogen-bond acceptors (Lipinski definition) is 3. The number of benzene rings is 2. The molecule has 0 spiro atoms. The zero-order valence-electron chi connectivity index (χ0n) is 14.1. The Morgan fingerprint density at radius 1 is 0.960 bits per heavy atom. The van der Waals surface area contributed by atoms with E-state index in [0.29, 0.717) is 12.2 Å². The SMILES string of the molecule is CN1CCc2cccc(-c3ccccc3)c2C1.O=C(O)/C=C/C(=O)O. The minimum Gasteiger partial charge on any atom is -0.478 e. The van der Waals surface area contributed by atoms with Crippen molar-refractivity contribution in [3.63, 3.8) is 0 Å². The summed E-state index contributed by atoms with van der Waals surface area (Å²) < 4.78 is 0. The van der Waals surface area contributed by atoms with Crippen molar-refractivity contribution in [3.8, 4) is 11.1 Å². The quantitative estimate of drug-likeness (QED) is 0.841. The standard InChI is InChI=1S/C16H17N.C4H4O4/c1-17-11-10-14-8-5-9-15(16(14)12-17)13-6-3-2-4-7-13;5-3(6)1-2-4(7)8/h2-9H,10-12H2,1H3;1-2H,(H,5,6)(H,7,8)/b;2-1+. The van der Waals surface area contributed by atoms with Gasteiger partial charge in [0.1, 0.15) is 0 Å². The highest BCUT2D eigenvalue weighted by atomic mass is 16.4. The van der Waals surface area contributed by atoms with E-state index in [9.17, 15) is 9.59 Å². The summed E-state index contributed by atoms with van der Waals surface area (Å²) in [5, 5.41) is 15.6. The first-order valence-electron chi connectivity index (χ1n) is 7.96. The fourth-order valence-electron chi connectivity index (χ4n) is 2.75. The van der Waals surface area contributed by atoms with E-state index in [-0.39, 0.29) is 0 Å². The van der Waals surface area contributed by atoms with E-state index in [4.69, 9.17) is 10.2 Å². The fourth-order valence-corrected chi connectivity index (χ4v) is 2.75. The molecule has 2 aromatic carbocycles. The minimum atomic E-state index is -1.26. The van der Waals surface area contributed by atoms with Gasteiger partial charge in [0.2, 0.25) is 0 Å². The van der Waals surface area contributed by atoms with Crippen LogP contribution in [0.15, 0.2) is 60.7 Å². The van der Waals surface area contributed by atoms with Crippen molar-refractivity contribution in [2.24, 2.45) is 0 Å². The van der Waals surface area contributed by atoms with E-state index in [1.807, 2.05) is 0 Å². The van der Waals surface area contributed by atoms with Crippen molar-refractivity contribution in [3.05, 3.63) is 71.8 Å². The van der Waals surface area contributed by atoms with Crippen LogP contribution in [-0.2, 0) is 22.6 Å². The first-order valence-corrected chi connectivity index (χ1v) is 7.96. The lowest BCUT2D eigenvalue weighted by atomic mass is 9.91. The topological polar surface area (TPSA) is 77.8 Å². The van der Waals surface area contributed by atoms with E-state index >= 15 is 0 Å². The molecule has 2 N–H and O–H groups in total. The van der Waals surface area contributed by atoms with Crippen LogP contribution in [0.2, 0.25) is 0 Å². The third kappa shape index (κ3) is 5.58. The number of rotatable bonds is 3. The summed E-state index contributed by atoms with van der Waals surface area (Å²) in [6.07, 6.45) is 2.29. The van der Waals surface area contributed by atoms with Crippen LogP contribution in [0.4, 0.5) is 0 Å². The van der Waals surface area contributed by atoms with Crippen LogP contribution in [0, 0.1) is 0 Å². The van der Waals surface area contributed by atoms with Crippen LogP contribution in [0.3, 0.4) is 0 Å². The molecule has 1 aliphatic heterocycles. The van der Waals surface area contributed by atoms with Crippen LogP contribution in [-0.4, -0.2) is 40.6 Å². The molecule has 2 aromatic rings. The molecule has 0 amide bonds. The Balaban J connectivity index is 0.000000242. The lowest BCUT2D eigenvalue weighted by Crippen LogP contribution is -2.26. The monoisotopic (exact) mass is 339 g/mol. The molecule has 0 fully saturated rings. The summed E-state index contributed by atoms with van der Waals surface area (Å²) in [4.78, 5) is 21.5. The Morgan fingerprint density at radius 2 is 1.60 bits per heavy atom. The van der Waals surface area contributed by atoms with Gasteiger partial charge in [-0.05, 0) is 35.7 Å². The molecular weight excluding hydrogens is 318 g/mol. The first kappa shape index (κ1) is 18.4. The van der Waals surface area contributed by atoms with Crippen molar-refractivity contribution in [2.75, 3.05) is 13.6 Å². The number of carboxylic acid groups (broad SMARTS) is 2. The van der Waals surface area contributed by atoms with Gasteiger partial charge in [0.05, 0.1) is 0 Å².